The molecule has 1 aliphatic rings. The molecule has 2 amide bonds. The standard InChI is InChI=1S/C23H29N3O2S/c1-18-17-29-21(25-18)9-5-6-14-24-23(28)20-12-15-26(16-13-20)22(27)11-10-19-7-3-2-4-8-19/h2-4,7-8,10-11,17,20H,5-6,9,12-16H2,1H3,(H,24,28)/b11-10+. The van der Waals surface area contributed by atoms with Crippen molar-refractivity contribution >= 4 is 29.2 Å². The molecule has 0 unspecified atom stereocenters. The third-order valence-electron chi connectivity index (χ3n) is 5.18. The minimum absolute atomic E-state index is 0.0127. The summed E-state index contributed by atoms with van der Waals surface area (Å²) in [5.74, 6) is 0.158. The van der Waals surface area contributed by atoms with E-state index in [-0.39, 0.29) is 17.7 Å². The van der Waals surface area contributed by atoms with Crippen LogP contribution in [0.1, 0.15) is 41.9 Å². The Morgan fingerprint density at radius 3 is 2.66 bits per heavy atom. The lowest BCUT2D eigenvalue weighted by Gasteiger charge is -2.30. The number of piperidine rings is 1. The first-order valence-corrected chi connectivity index (χ1v) is 11.2. The molecule has 1 saturated heterocycles. The Bertz CT molecular complexity index is 824. The SMILES string of the molecule is Cc1csc(CCCCNC(=O)C2CCN(C(=O)/C=C/c3ccccc3)CC2)n1. The van der Waals surface area contributed by atoms with Crippen molar-refractivity contribution in [3.05, 3.63) is 58.1 Å². The maximum absolute atomic E-state index is 12.4. The number of aromatic nitrogens is 1. The lowest BCUT2D eigenvalue weighted by atomic mass is 9.95. The van der Waals surface area contributed by atoms with Crippen LogP contribution < -0.4 is 5.32 Å². The van der Waals surface area contributed by atoms with Gasteiger partial charge in [-0.1, -0.05) is 30.3 Å². The molecule has 0 atom stereocenters. The van der Waals surface area contributed by atoms with Gasteiger partial charge >= 0.3 is 0 Å². The summed E-state index contributed by atoms with van der Waals surface area (Å²) < 4.78 is 0. The van der Waals surface area contributed by atoms with Crippen LogP contribution in [0.3, 0.4) is 0 Å². The lowest BCUT2D eigenvalue weighted by Crippen LogP contribution is -2.42. The zero-order chi connectivity index (χ0) is 20.5. The molecule has 2 heterocycles. The molecule has 154 valence electrons. The molecule has 5 nitrogen and oxygen atoms in total. The highest BCUT2D eigenvalue weighted by atomic mass is 32.1. The van der Waals surface area contributed by atoms with Crippen LogP contribution in [0.25, 0.3) is 6.08 Å². The fraction of sp³-hybridized carbons (Fsp3) is 0.435. The van der Waals surface area contributed by atoms with Crippen LogP contribution in [0.2, 0.25) is 0 Å². The Labute approximate surface area is 176 Å². The minimum atomic E-state index is 0.0127. The summed E-state index contributed by atoms with van der Waals surface area (Å²) in [4.78, 5) is 31.0. The zero-order valence-corrected chi connectivity index (χ0v) is 17.8. The van der Waals surface area contributed by atoms with Crippen LogP contribution in [-0.4, -0.2) is 41.3 Å². The predicted molar refractivity (Wildman–Crippen MR) is 118 cm³/mol. The van der Waals surface area contributed by atoms with Crippen molar-refractivity contribution in [2.75, 3.05) is 19.6 Å². The number of nitrogens with zero attached hydrogens (tertiary/aromatic N) is 2. The number of aryl methyl sites for hydroxylation is 2. The number of unbranched alkanes of at least 4 members (excludes halogenated alkanes) is 1. The minimum Gasteiger partial charge on any atom is -0.356 e. The molecular formula is C23H29N3O2S. The summed E-state index contributed by atoms with van der Waals surface area (Å²) >= 11 is 1.71. The Balaban J connectivity index is 1.31. The monoisotopic (exact) mass is 411 g/mol. The van der Waals surface area contributed by atoms with Gasteiger partial charge in [-0.3, -0.25) is 9.59 Å². The molecule has 0 radical (unpaired) electrons. The number of hydrogen-bond acceptors (Lipinski definition) is 4. The number of rotatable bonds is 8. The average molecular weight is 412 g/mol. The van der Waals surface area contributed by atoms with Crippen molar-refractivity contribution in [1.29, 1.82) is 0 Å². The predicted octanol–water partition coefficient (Wildman–Crippen LogP) is 3.84. The Morgan fingerprint density at radius 1 is 1.21 bits per heavy atom. The number of likely N-dealkylation sites (tertiary alicyclic amines) is 1. The molecule has 1 fully saturated rings. The van der Waals surface area contributed by atoms with Crippen LogP contribution in [-0.2, 0) is 16.0 Å². The van der Waals surface area contributed by atoms with E-state index in [1.165, 1.54) is 5.01 Å². The quantitative estimate of drug-likeness (QED) is 0.530. The summed E-state index contributed by atoms with van der Waals surface area (Å²) in [7, 11) is 0. The second kappa shape index (κ2) is 10.9. The number of benzene rings is 1. The van der Waals surface area contributed by atoms with Crippen LogP contribution in [0.4, 0.5) is 0 Å². The van der Waals surface area contributed by atoms with Crippen LogP contribution in [0.15, 0.2) is 41.8 Å². The van der Waals surface area contributed by atoms with Crippen molar-refractivity contribution < 1.29 is 9.59 Å². The number of amides is 2. The molecule has 6 heteroatoms. The zero-order valence-electron chi connectivity index (χ0n) is 17.0. The van der Waals surface area contributed by atoms with E-state index < -0.39 is 0 Å². The Kier molecular flexibility index (Phi) is 7.99. The number of hydrogen-bond donors (Lipinski definition) is 1. The highest BCUT2D eigenvalue weighted by Crippen LogP contribution is 2.18. The van der Waals surface area contributed by atoms with Gasteiger partial charge in [0.05, 0.1) is 5.01 Å². The third-order valence-corrected chi connectivity index (χ3v) is 6.21. The molecule has 1 aromatic carbocycles. The van der Waals surface area contributed by atoms with Crippen molar-refractivity contribution in [2.45, 2.75) is 39.0 Å². The van der Waals surface area contributed by atoms with Gasteiger partial charge in [0.25, 0.3) is 0 Å². The third kappa shape index (κ3) is 6.82. The van der Waals surface area contributed by atoms with E-state index in [1.54, 1.807) is 17.4 Å². The second-order valence-corrected chi connectivity index (χ2v) is 8.42. The highest BCUT2D eigenvalue weighted by Gasteiger charge is 2.26. The average Bonchev–Trinajstić information content (AvgIpc) is 3.17. The Morgan fingerprint density at radius 2 is 1.97 bits per heavy atom. The van der Waals surface area contributed by atoms with Gasteiger partial charge in [-0.15, -0.1) is 11.3 Å². The Hall–Kier alpha value is -2.47. The van der Waals surface area contributed by atoms with Crippen LogP contribution in [0, 0.1) is 12.8 Å². The molecule has 0 spiro atoms. The lowest BCUT2D eigenvalue weighted by molar-refractivity contribution is -0.132. The first kappa shape index (κ1) is 21.2. The molecule has 1 aliphatic heterocycles. The van der Waals surface area contributed by atoms with E-state index >= 15 is 0 Å². The summed E-state index contributed by atoms with van der Waals surface area (Å²) in [5, 5.41) is 6.31. The summed E-state index contributed by atoms with van der Waals surface area (Å²) in [5.41, 5.74) is 2.10. The van der Waals surface area contributed by atoms with E-state index in [9.17, 15) is 9.59 Å². The van der Waals surface area contributed by atoms with Gasteiger partial charge in [0.15, 0.2) is 0 Å². The first-order chi connectivity index (χ1) is 14.1. The van der Waals surface area contributed by atoms with Gasteiger partial charge in [0.2, 0.25) is 11.8 Å². The summed E-state index contributed by atoms with van der Waals surface area (Å²) in [6.45, 7) is 4.00. The van der Waals surface area contributed by atoms with Crippen molar-refractivity contribution in [2.24, 2.45) is 5.92 Å². The van der Waals surface area contributed by atoms with Gasteiger partial charge < -0.3 is 10.2 Å². The van der Waals surface area contributed by atoms with E-state index in [4.69, 9.17) is 0 Å². The van der Waals surface area contributed by atoms with E-state index in [1.807, 2.05) is 48.2 Å². The highest BCUT2D eigenvalue weighted by molar-refractivity contribution is 7.09. The van der Waals surface area contributed by atoms with E-state index in [0.717, 1.165) is 43.4 Å². The van der Waals surface area contributed by atoms with Crippen molar-refractivity contribution in [3.63, 3.8) is 0 Å². The molecule has 1 N–H and O–H groups in total. The molecule has 2 aromatic rings. The number of nitrogens with one attached hydrogen (secondary N) is 1. The normalized spacial score (nSPS) is 15.0. The van der Waals surface area contributed by atoms with Crippen molar-refractivity contribution in [1.82, 2.24) is 15.2 Å². The number of carbonyl (C=O) groups excluding carboxylic acids is 2. The summed E-state index contributed by atoms with van der Waals surface area (Å²) in [6, 6.07) is 9.80. The van der Waals surface area contributed by atoms with Crippen LogP contribution in [0.5, 0.6) is 0 Å². The van der Waals surface area contributed by atoms with Gasteiger partial charge in [-0.25, -0.2) is 4.98 Å². The topological polar surface area (TPSA) is 62.3 Å². The van der Waals surface area contributed by atoms with Crippen molar-refractivity contribution in [3.8, 4) is 0 Å². The number of carbonyl (C=O) groups is 2. The fourth-order valence-corrected chi connectivity index (χ4v) is 4.29. The van der Waals surface area contributed by atoms with Gasteiger partial charge in [0, 0.05) is 42.7 Å². The smallest absolute Gasteiger partial charge is 0.246 e. The molecule has 1 aromatic heterocycles. The first-order valence-electron chi connectivity index (χ1n) is 10.3. The molecule has 0 bridgehead atoms. The van der Waals surface area contributed by atoms with E-state index in [2.05, 4.69) is 15.7 Å². The van der Waals surface area contributed by atoms with E-state index in [0.29, 0.717) is 19.6 Å². The largest absolute Gasteiger partial charge is 0.356 e. The summed E-state index contributed by atoms with van der Waals surface area (Å²) in [6.07, 6.45) is 7.91. The molecular weight excluding hydrogens is 382 g/mol. The van der Waals surface area contributed by atoms with Crippen LogP contribution >= 0.6 is 11.3 Å². The van der Waals surface area contributed by atoms with Gasteiger partial charge in [-0.05, 0) is 50.7 Å². The second-order valence-electron chi connectivity index (χ2n) is 7.47. The molecule has 0 aliphatic carbocycles. The maximum atomic E-state index is 12.4. The van der Waals surface area contributed by atoms with Gasteiger partial charge in [-0.2, -0.15) is 0 Å². The maximum Gasteiger partial charge on any atom is 0.246 e. The molecule has 29 heavy (non-hydrogen) atoms. The fourth-order valence-electron chi connectivity index (χ4n) is 3.47. The molecule has 0 saturated carbocycles. The van der Waals surface area contributed by atoms with Gasteiger partial charge in [0.1, 0.15) is 0 Å². The number of thiazole rings is 1. The molecule has 3 rings (SSSR count).